The second-order valence-corrected chi connectivity index (χ2v) is 5.74. The van der Waals surface area contributed by atoms with E-state index in [0.717, 1.165) is 11.4 Å². The van der Waals surface area contributed by atoms with Gasteiger partial charge in [0.1, 0.15) is 5.82 Å². The van der Waals surface area contributed by atoms with E-state index in [-0.39, 0.29) is 17.4 Å². The third kappa shape index (κ3) is 2.59. The molecule has 124 valence electrons. The lowest BCUT2D eigenvalue weighted by atomic mass is 10.1. The number of hydrogen-bond acceptors (Lipinski definition) is 3. The van der Waals surface area contributed by atoms with Gasteiger partial charge in [0.05, 0.1) is 29.9 Å². The van der Waals surface area contributed by atoms with Crippen LogP contribution in [0, 0.1) is 5.82 Å². The number of benzene rings is 1. The lowest BCUT2D eigenvalue weighted by molar-refractivity contribution is 0.102. The molecule has 5 heteroatoms. The topological polar surface area (TPSA) is 47.2 Å². The van der Waals surface area contributed by atoms with Gasteiger partial charge in [-0.3, -0.25) is 4.79 Å². The summed E-state index contributed by atoms with van der Waals surface area (Å²) in [6.45, 7) is 4.51. The van der Waals surface area contributed by atoms with Crippen molar-refractivity contribution in [1.29, 1.82) is 0 Å². The maximum absolute atomic E-state index is 14.2. The minimum absolute atomic E-state index is 0.236. The summed E-state index contributed by atoms with van der Waals surface area (Å²) in [5.41, 5.74) is 3.39. The molecule has 0 amide bonds. The van der Waals surface area contributed by atoms with Crippen molar-refractivity contribution in [2.45, 2.75) is 0 Å². The fourth-order valence-electron chi connectivity index (χ4n) is 2.98. The van der Waals surface area contributed by atoms with Crippen molar-refractivity contribution in [3.63, 3.8) is 0 Å². The molecule has 3 aromatic rings. The van der Waals surface area contributed by atoms with Gasteiger partial charge < -0.3 is 14.3 Å². The Morgan fingerprint density at radius 2 is 1.96 bits per heavy atom. The van der Waals surface area contributed by atoms with Crippen LogP contribution in [-0.2, 0) is 0 Å². The number of fused-ring (bicyclic) bond motifs is 1. The first kappa shape index (κ1) is 15.2. The maximum atomic E-state index is 14.2. The summed E-state index contributed by atoms with van der Waals surface area (Å²) in [5.74, 6) is -0.265. The van der Waals surface area contributed by atoms with Gasteiger partial charge in [-0.2, -0.15) is 0 Å². The standard InChI is InChI=1S/C20H15FN2O2/c1-13-12-22-16(11-19(24)20-7-4-10-25-20)18-9-8-17(23(13)18)14-5-2-3-6-15(14)21/h2-11,22H,1,12H2/b16-11-. The number of rotatable bonds is 3. The fourth-order valence-corrected chi connectivity index (χ4v) is 2.98. The van der Waals surface area contributed by atoms with Crippen LogP contribution in [0.4, 0.5) is 4.39 Å². The van der Waals surface area contributed by atoms with Gasteiger partial charge in [0.25, 0.3) is 0 Å². The molecule has 0 spiro atoms. The number of nitrogens with one attached hydrogen (secondary N) is 1. The molecule has 2 aromatic heterocycles. The fraction of sp³-hybridized carbons (Fsp3) is 0.0500. The second-order valence-electron chi connectivity index (χ2n) is 5.74. The van der Waals surface area contributed by atoms with E-state index < -0.39 is 0 Å². The van der Waals surface area contributed by atoms with Crippen LogP contribution in [0.3, 0.4) is 0 Å². The Labute approximate surface area is 143 Å². The molecule has 0 fully saturated rings. The Balaban J connectivity index is 1.81. The lowest BCUT2D eigenvalue weighted by Gasteiger charge is -2.24. The predicted octanol–water partition coefficient (Wildman–Crippen LogP) is 4.18. The Hall–Kier alpha value is -3.34. The molecule has 0 saturated carbocycles. The minimum Gasteiger partial charge on any atom is -0.461 e. The molecule has 4 rings (SSSR count). The van der Waals surface area contributed by atoms with E-state index >= 15 is 0 Å². The van der Waals surface area contributed by atoms with E-state index in [1.165, 1.54) is 18.4 Å². The van der Waals surface area contributed by atoms with Gasteiger partial charge in [0.2, 0.25) is 5.78 Å². The zero-order valence-corrected chi connectivity index (χ0v) is 13.3. The SMILES string of the molecule is C=C1CN/C(=C\C(=O)c2ccco2)c2ccc(-c3ccccc3F)n21. The summed E-state index contributed by atoms with van der Waals surface area (Å²) in [5, 5.41) is 3.18. The molecule has 1 aliphatic heterocycles. The third-order valence-electron chi connectivity index (χ3n) is 4.15. The minimum atomic E-state index is -0.299. The predicted molar refractivity (Wildman–Crippen MR) is 94.2 cm³/mol. The molecule has 0 radical (unpaired) electrons. The van der Waals surface area contributed by atoms with E-state index in [1.54, 1.807) is 30.3 Å². The average Bonchev–Trinajstić information content (AvgIpc) is 3.28. The van der Waals surface area contributed by atoms with Crippen molar-refractivity contribution in [3.8, 4) is 11.3 Å². The van der Waals surface area contributed by atoms with E-state index in [9.17, 15) is 9.18 Å². The molecular formula is C20H15FN2O2. The summed E-state index contributed by atoms with van der Waals surface area (Å²) in [6, 6.07) is 13.6. The first-order valence-corrected chi connectivity index (χ1v) is 7.84. The molecule has 0 unspecified atom stereocenters. The largest absolute Gasteiger partial charge is 0.461 e. The molecule has 0 bridgehead atoms. The summed E-state index contributed by atoms with van der Waals surface area (Å²) in [6.07, 6.45) is 2.95. The second kappa shape index (κ2) is 5.94. The first-order chi connectivity index (χ1) is 12.1. The van der Waals surface area contributed by atoms with Crippen LogP contribution in [0.2, 0.25) is 0 Å². The number of nitrogens with zero attached hydrogens (tertiary/aromatic N) is 1. The van der Waals surface area contributed by atoms with Crippen molar-refractivity contribution in [1.82, 2.24) is 9.88 Å². The summed E-state index contributed by atoms with van der Waals surface area (Å²) >= 11 is 0. The number of allylic oxidation sites excluding steroid dienone is 1. The van der Waals surface area contributed by atoms with Crippen molar-refractivity contribution in [2.75, 3.05) is 6.54 Å². The van der Waals surface area contributed by atoms with Gasteiger partial charge in [-0.1, -0.05) is 18.7 Å². The van der Waals surface area contributed by atoms with Gasteiger partial charge in [0.15, 0.2) is 5.76 Å². The van der Waals surface area contributed by atoms with Gasteiger partial charge in [0, 0.05) is 17.3 Å². The molecule has 0 atom stereocenters. The lowest BCUT2D eigenvalue weighted by Crippen LogP contribution is -2.26. The summed E-state index contributed by atoms with van der Waals surface area (Å²) < 4.78 is 21.2. The highest BCUT2D eigenvalue weighted by Crippen LogP contribution is 2.32. The summed E-state index contributed by atoms with van der Waals surface area (Å²) in [7, 11) is 0. The monoisotopic (exact) mass is 334 g/mol. The van der Waals surface area contributed by atoms with Crippen molar-refractivity contribution >= 4 is 17.2 Å². The number of carbonyl (C=O) groups excluding carboxylic acids is 1. The Kier molecular flexibility index (Phi) is 3.61. The van der Waals surface area contributed by atoms with Crippen LogP contribution in [0.25, 0.3) is 22.7 Å². The Morgan fingerprint density at radius 3 is 2.72 bits per heavy atom. The Morgan fingerprint density at radius 1 is 1.16 bits per heavy atom. The first-order valence-electron chi connectivity index (χ1n) is 7.84. The molecular weight excluding hydrogens is 319 g/mol. The van der Waals surface area contributed by atoms with E-state index in [4.69, 9.17) is 4.42 Å². The molecule has 3 heterocycles. The van der Waals surface area contributed by atoms with Crippen LogP contribution in [0.1, 0.15) is 16.2 Å². The van der Waals surface area contributed by atoms with E-state index in [2.05, 4.69) is 11.9 Å². The summed E-state index contributed by atoms with van der Waals surface area (Å²) in [4.78, 5) is 12.3. The average molecular weight is 334 g/mol. The zero-order valence-electron chi connectivity index (χ0n) is 13.3. The smallest absolute Gasteiger partial charge is 0.223 e. The highest BCUT2D eigenvalue weighted by Gasteiger charge is 2.22. The highest BCUT2D eigenvalue weighted by molar-refractivity contribution is 6.06. The normalized spacial score (nSPS) is 15.1. The van der Waals surface area contributed by atoms with Gasteiger partial charge in [-0.15, -0.1) is 0 Å². The van der Waals surface area contributed by atoms with E-state index in [1.807, 2.05) is 16.7 Å². The van der Waals surface area contributed by atoms with Crippen LogP contribution in [0.15, 0.2) is 71.9 Å². The molecule has 1 aromatic carbocycles. The number of ketones is 1. The quantitative estimate of drug-likeness (QED) is 0.577. The van der Waals surface area contributed by atoms with Gasteiger partial charge in [-0.25, -0.2) is 4.39 Å². The van der Waals surface area contributed by atoms with Crippen LogP contribution < -0.4 is 5.32 Å². The van der Waals surface area contributed by atoms with Crippen LogP contribution in [0.5, 0.6) is 0 Å². The molecule has 4 nitrogen and oxygen atoms in total. The molecule has 25 heavy (non-hydrogen) atoms. The number of halogens is 1. The van der Waals surface area contributed by atoms with Gasteiger partial charge in [-0.05, 0) is 36.4 Å². The number of furan rings is 1. The molecule has 0 saturated heterocycles. The van der Waals surface area contributed by atoms with Gasteiger partial charge >= 0.3 is 0 Å². The zero-order chi connectivity index (χ0) is 17.4. The van der Waals surface area contributed by atoms with Crippen LogP contribution in [-0.4, -0.2) is 16.9 Å². The third-order valence-corrected chi connectivity index (χ3v) is 4.15. The number of carbonyl (C=O) groups is 1. The van der Waals surface area contributed by atoms with Crippen molar-refractivity contribution < 1.29 is 13.6 Å². The number of hydrogen-bond donors (Lipinski definition) is 1. The number of aromatic nitrogens is 1. The molecule has 0 aliphatic carbocycles. The Bertz CT molecular complexity index is 997. The molecule has 1 N–H and O–H groups in total. The van der Waals surface area contributed by atoms with Crippen molar-refractivity contribution in [3.05, 3.63) is 84.7 Å². The molecule has 1 aliphatic rings. The van der Waals surface area contributed by atoms with E-state index in [0.29, 0.717) is 23.5 Å². The van der Waals surface area contributed by atoms with Crippen molar-refractivity contribution in [2.24, 2.45) is 0 Å². The maximum Gasteiger partial charge on any atom is 0.223 e. The van der Waals surface area contributed by atoms with Crippen LogP contribution >= 0.6 is 0 Å². The highest BCUT2D eigenvalue weighted by atomic mass is 19.1.